The molecule has 9 rings (SSSR count). The average Bonchev–Trinajstić information content (AvgIpc) is 3.67. The van der Waals surface area contributed by atoms with Crippen LogP contribution in [0, 0.1) is 24.0 Å². The molecule has 5 fully saturated rings. The normalized spacial score (nSPS) is 27.0. The molecule has 50 heavy (non-hydrogen) atoms. The first kappa shape index (κ1) is 31.5. The number of rotatable bonds is 8. The summed E-state index contributed by atoms with van der Waals surface area (Å²) < 4.78 is 58.2. The van der Waals surface area contributed by atoms with Gasteiger partial charge in [0.1, 0.15) is 35.2 Å². The van der Waals surface area contributed by atoms with Crippen LogP contribution in [0.2, 0.25) is 0 Å². The zero-order valence-corrected chi connectivity index (χ0v) is 27.5. The van der Waals surface area contributed by atoms with Crippen LogP contribution in [-0.2, 0) is 4.74 Å². The molecule has 3 atom stereocenters. The van der Waals surface area contributed by atoms with Gasteiger partial charge in [-0.1, -0.05) is 12.0 Å². The number of aromatic hydroxyl groups is 1. The van der Waals surface area contributed by atoms with Gasteiger partial charge in [0.05, 0.1) is 41.1 Å². The van der Waals surface area contributed by atoms with Crippen LogP contribution in [0.25, 0.3) is 32.9 Å². The van der Waals surface area contributed by atoms with Crippen molar-refractivity contribution in [2.45, 2.75) is 68.2 Å². The molecule has 4 aromatic rings. The quantitative estimate of drug-likeness (QED) is 0.225. The van der Waals surface area contributed by atoms with Crippen LogP contribution in [0.15, 0.2) is 42.4 Å². The van der Waals surface area contributed by atoms with E-state index in [1.54, 1.807) is 0 Å². The second kappa shape index (κ2) is 11.8. The molecule has 0 spiro atoms. The van der Waals surface area contributed by atoms with Crippen LogP contribution >= 0.6 is 0 Å². The summed E-state index contributed by atoms with van der Waals surface area (Å²) in [6.07, 6.45) is 14.7. The Bertz CT molecular complexity index is 2120. The van der Waals surface area contributed by atoms with Gasteiger partial charge in [-0.3, -0.25) is 9.88 Å². The molecule has 0 unspecified atom stereocenters. The number of aromatic nitrogens is 3. The lowest BCUT2D eigenvalue weighted by atomic mass is 9.94. The molecule has 1 aliphatic carbocycles. The third-order valence-electron chi connectivity index (χ3n) is 11.2. The van der Waals surface area contributed by atoms with E-state index in [0.29, 0.717) is 61.7 Å². The molecule has 9 nitrogen and oxygen atoms in total. The average molecular weight is 683 g/mol. The Kier molecular flexibility index (Phi) is 7.46. The summed E-state index contributed by atoms with van der Waals surface area (Å²) in [5, 5.41) is 15.5. The maximum Gasteiger partial charge on any atom is 0.319 e. The third kappa shape index (κ3) is 5.25. The smallest absolute Gasteiger partial charge is 0.319 e. The third-order valence-corrected chi connectivity index (χ3v) is 11.2. The van der Waals surface area contributed by atoms with Crippen molar-refractivity contribution in [2.24, 2.45) is 0 Å². The van der Waals surface area contributed by atoms with Gasteiger partial charge in [-0.2, -0.15) is 9.97 Å². The fourth-order valence-electron chi connectivity index (χ4n) is 8.74. The molecule has 2 aromatic heterocycles. The van der Waals surface area contributed by atoms with Gasteiger partial charge in [0, 0.05) is 42.8 Å². The highest BCUT2D eigenvalue weighted by Crippen LogP contribution is 2.43. The number of nitrogens with zero attached hydrogens (tertiary/aromatic N) is 5. The number of terminal acetylenes is 1. The summed E-state index contributed by atoms with van der Waals surface area (Å²) in [5.41, 5.74) is 0.00540. The number of piperazine rings is 1. The monoisotopic (exact) mass is 682 g/mol. The Hall–Kier alpha value is -4.44. The fourth-order valence-corrected chi connectivity index (χ4v) is 8.74. The highest BCUT2D eigenvalue weighted by Gasteiger charge is 2.48. The van der Waals surface area contributed by atoms with Gasteiger partial charge in [0.25, 0.3) is 0 Å². The predicted octanol–water partition coefficient (Wildman–Crippen LogP) is 5.77. The summed E-state index contributed by atoms with van der Waals surface area (Å²) in [7, 11) is 0. The number of nitrogens with one attached hydrogen (secondary N) is 1. The standard InChI is InChI=1S/C38H37F3N6O3/c1-2-27-30(40)7-4-23-12-25(48)13-28(31(23)27)33-32(41)34-29(16-42-33)35(46-18-24-8-10-37(19-46,45-24)20-49-26-5-6-26)44-36(43-34)50-21-38-9-3-11-47(38)17-22(14-38)15-39/h1,4,7,12-13,15-16,24,26,45,48H,3,5-6,8-11,14,17-21H2/b22-15-/t24-,37+,38-/m0/s1. The van der Waals surface area contributed by atoms with E-state index in [1.807, 2.05) is 0 Å². The van der Waals surface area contributed by atoms with E-state index in [2.05, 4.69) is 31.0 Å². The van der Waals surface area contributed by atoms with Gasteiger partial charge in [-0.05, 0) is 80.6 Å². The van der Waals surface area contributed by atoms with E-state index >= 15 is 4.39 Å². The lowest BCUT2D eigenvalue weighted by Crippen LogP contribution is -2.62. The van der Waals surface area contributed by atoms with Gasteiger partial charge in [-0.25, -0.2) is 13.2 Å². The molecule has 2 aromatic carbocycles. The first-order chi connectivity index (χ1) is 24.3. The van der Waals surface area contributed by atoms with Gasteiger partial charge < -0.3 is 24.8 Å². The molecule has 0 amide bonds. The summed E-state index contributed by atoms with van der Waals surface area (Å²) in [5.74, 6) is 1.32. The molecule has 2 bridgehead atoms. The number of phenolic OH excluding ortho intramolecular Hbond substituents is 1. The van der Waals surface area contributed by atoms with Gasteiger partial charge in [0.2, 0.25) is 0 Å². The SMILES string of the molecule is C#Cc1c(F)ccc2cc(O)cc(-c3ncc4c(N5C[C@@H]6CC[C@](COC7CC7)(C5)N6)nc(OC[C@@]56CCCN5C/C(=C\F)C6)nc4c3F)c12. The number of hydrogen-bond acceptors (Lipinski definition) is 9. The van der Waals surface area contributed by atoms with E-state index in [4.69, 9.17) is 20.9 Å². The van der Waals surface area contributed by atoms with Gasteiger partial charge >= 0.3 is 6.01 Å². The maximum absolute atomic E-state index is 17.0. The highest BCUT2D eigenvalue weighted by atomic mass is 19.1. The first-order valence-electron chi connectivity index (χ1n) is 17.4. The number of hydrogen-bond donors (Lipinski definition) is 2. The topological polar surface area (TPSA) is 95.9 Å². The summed E-state index contributed by atoms with van der Waals surface area (Å²) in [6, 6.07) is 5.69. The summed E-state index contributed by atoms with van der Waals surface area (Å²) >= 11 is 0. The van der Waals surface area contributed by atoms with Gasteiger partial charge in [0.15, 0.2) is 5.82 Å². The van der Waals surface area contributed by atoms with Crippen LogP contribution in [-0.4, -0.2) is 87.6 Å². The second-order valence-electron chi connectivity index (χ2n) is 14.7. The molecular weight excluding hydrogens is 645 g/mol. The Morgan fingerprint density at radius 3 is 2.84 bits per heavy atom. The van der Waals surface area contributed by atoms with Crippen LogP contribution in [0.1, 0.15) is 50.5 Å². The Balaban J connectivity index is 1.17. The van der Waals surface area contributed by atoms with Crippen LogP contribution < -0.4 is 15.0 Å². The zero-order valence-electron chi connectivity index (χ0n) is 27.5. The number of ether oxygens (including phenoxy) is 2. The minimum atomic E-state index is -0.774. The minimum Gasteiger partial charge on any atom is -0.508 e. The molecule has 4 aliphatic heterocycles. The summed E-state index contributed by atoms with van der Waals surface area (Å²) in [6.45, 7) is 3.44. The Labute approximate surface area is 287 Å². The van der Waals surface area contributed by atoms with Crippen molar-refractivity contribution in [3.63, 3.8) is 0 Å². The van der Waals surface area contributed by atoms with E-state index in [0.717, 1.165) is 50.6 Å². The zero-order chi connectivity index (χ0) is 34.2. The largest absolute Gasteiger partial charge is 0.508 e. The highest BCUT2D eigenvalue weighted by molar-refractivity contribution is 6.03. The number of halogens is 3. The van der Waals surface area contributed by atoms with Crippen molar-refractivity contribution in [3.8, 4) is 35.4 Å². The van der Waals surface area contributed by atoms with Crippen LogP contribution in [0.3, 0.4) is 0 Å². The Morgan fingerprint density at radius 2 is 2.02 bits per heavy atom. The van der Waals surface area contributed by atoms with Crippen molar-refractivity contribution in [1.29, 1.82) is 0 Å². The second-order valence-corrected chi connectivity index (χ2v) is 14.7. The molecule has 12 heteroatoms. The molecule has 0 radical (unpaired) electrons. The molecule has 4 saturated heterocycles. The number of anilines is 1. The molecule has 5 aliphatic rings. The number of phenols is 1. The number of fused-ring (bicyclic) bond motifs is 5. The lowest BCUT2D eigenvalue weighted by molar-refractivity contribution is 0.0606. The summed E-state index contributed by atoms with van der Waals surface area (Å²) in [4.78, 5) is 18.5. The molecule has 2 N–H and O–H groups in total. The van der Waals surface area contributed by atoms with Crippen molar-refractivity contribution in [1.82, 2.24) is 25.2 Å². The van der Waals surface area contributed by atoms with E-state index in [-0.39, 0.29) is 63.2 Å². The van der Waals surface area contributed by atoms with Crippen molar-refractivity contribution in [2.75, 3.05) is 44.3 Å². The van der Waals surface area contributed by atoms with Crippen molar-refractivity contribution >= 4 is 27.5 Å². The van der Waals surface area contributed by atoms with E-state index in [1.165, 1.54) is 30.5 Å². The fraction of sp³-hybridized carbons (Fsp3) is 0.447. The maximum atomic E-state index is 17.0. The van der Waals surface area contributed by atoms with Crippen molar-refractivity contribution in [3.05, 3.63) is 59.6 Å². The van der Waals surface area contributed by atoms with Crippen molar-refractivity contribution < 1.29 is 27.8 Å². The van der Waals surface area contributed by atoms with Crippen LogP contribution in [0.5, 0.6) is 11.8 Å². The van der Waals surface area contributed by atoms with E-state index < -0.39 is 11.6 Å². The first-order valence-corrected chi connectivity index (χ1v) is 17.4. The molecular formula is C38H37F3N6O3. The minimum absolute atomic E-state index is 0.00717. The molecule has 258 valence electrons. The van der Waals surface area contributed by atoms with Crippen LogP contribution in [0.4, 0.5) is 19.0 Å². The Morgan fingerprint density at radius 1 is 1.14 bits per heavy atom. The number of pyridine rings is 1. The van der Waals surface area contributed by atoms with E-state index in [9.17, 15) is 13.9 Å². The lowest BCUT2D eigenvalue weighted by Gasteiger charge is -2.42. The number of benzene rings is 2. The molecule has 1 saturated carbocycles. The predicted molar refractivity (Wildman–Crippen MR) is 183 cm³/mol. The molecule has 6 heterocycles. The van der Waals surface area contributed by atoms with Gasteiger partial charge in [-0.15, -0.1) is 6.42 Å².